The third-order valence-electron chi connectivity index (χ3n) is 4.96. The van der Waals surface area contributed by atoms with Gasteiger partial charge in [0.15, 0.2) is 0 Å². The monoisotopic (exact) mass is 384 g/mol. The van der Waals surface area contributed by atoms with Crippen LogP contribution < -0.4 is 4.74 Å². The molecule has 1 aliphatic heterocycles. The minimum absolute atomic E-state index is 0.0229. The van der Waals surface area contributed by atoms with Gasteiger partial charge in [-0.2, -0.15) is 0 Å². The maximum absolute atomic E-state index is 13.0. The van der Waals surface area contributed by atoms with Crippen LogP contribution in [0.15, 0.2) is 36.4 Å². The number of nitro groups is 1. The molecule has 28 heavy (non-hydrogen) atoms. The van der Waals surface area contributed by atoms with Gasteiger partial charge in [-0.05, 0) is 44.0 Å². The predicted octanol–water partition coefficient (Wildman–Crippen LogP) is 3.44. The van der Waals surface area contributed by atoms with Gasteiger partial charge in [-0.3, -0.25) is 14.9 Å². The van der Waals surface area contributed by atoms with E-state index in [4.69, 9.17) is 9.47 Å². The highest BCUT2D eigenvalue weighted by atomic mass is 16.6. The minimum atomic E-state index is -0.446. The maximum Gasteiger partial charge on any atom is 0.273 e. The quantitative estimate of drug-likeness (QED) is 0.583. The first-order valence-corrected chi connectivity index (χ1v) is 9.10. The first kappa shape index (κ1) is 19.8. The molecular weight excluding hydrogens is 360 g/mol. The number of methoxy groups -OCH3 is 1. The summed E-state index contributed by atoms with van der Waals surface area (Å²) in [5.41, 5.74) is 3.33. The van der Waals surface area contributed by atoms with E-state index in [0.29, 0.717) is 24.4 Å². The SMILES string of the molecule is CO[C@@H]1CN(C(=O)c2cc(C)ccc2C)C[C@H]1Oc1cc(C)cc([N+](=O)[O-])c1. The molecule has 1 amide bonds. The lowest BCUT2D eigenvalue weighted by Gasteiger charge is -2.19. The molecular formula is C21H24N2O5. The standard InChI is InChI=1S/C21H24N2O5/c1-13-5-6-15(3)18(9-13)21(24)22-11-19(27-4)20(12-22)28-17-8-14(2)7-16(10-17)23(25)26/h5-10,19-20H,11-12H2,1-4H3/t19-,20-/m1/s1. The number of hydrogen-bond donors (Lipinski definition) is 0. The van der Waals surface area contributed by atoms with E-state index in [1.54, 1.807) is 25.0 Å². The molecule has 0 radical (unpaired) electrons. The lowest BCUT2D eigenvalue weighted by atomic mass is 10.0. The van der Waals surface area contributed by atoms with Crippen LogP contribution in [0.2, 0.25) is 0 Å². The van der Waals surface area contributed by atoms with Gasteiger partial charge >= 0.3 is 0 Å². The number of aryl methyl sites for hydroxylation is 3. The number of likely N-dealkylation sites (tertiary alicyclic amines) is 1. The summed E-state index contributed by atoms with van der Waals surface area (Å²) < 4.78 is 11.5. The van der Waals surface area contributed by atoms with Gasteiger partial charge in [0.25, 0.3) is 11.6 Å². The number of rotatable bonds is 5. The van der Waals surface area contributed by atoms with Crippen molar-refractivity contribution in [2.24, 2.45) is 0 Å². The molecule has 1 saturated heterocycles. The van der Waals surface area contributed by atoms with Crippen LogP contribution in [-0.4, -0.2) is 48.1 Å². The van der Waals surface area contributed by atoms with Crippen LogP contribution in [0.1, 0.15) is 27.0 Å². The zero-order valence-corrected chi connectivity index (χ0v) is 16.5. The zero-order valence-electron chi connectivity index (χ0n) is 16.5. The molecule has 1 fully saturated rings. The summed E-state index contributed by atoms with van der Waals surface area (Å²) >= 11 is 0. The van der Waals surface area contributed by atoms with Gasteiger partial charge in [-0.25, -0.2) is 0 Å². The summed E-state index contributed by atoms with van der Waals surface area (Å²) in [6.45, 7) is 6.40. The third kappa shape index (κ3) is 4.14. The molecule has 1 aliphatic rings. The molecule has 0 spiro atoms. The van der Waals surface area contributed by atoms with Crippen molar-refractivity contribution in [2.75, 3.05) is 20.2 Å². The maximum atomic E-state index is 13.0. The van der Waals surface area contributed by atoms with Gasteiger partial charge in [0.1, 0.15) is 18.0 Å². The van der Waals surface area contributed by atoms with E-state index < -0.39 is 11.0 Å². The highest BCUT2D eigenvalue weighted by Crippen LogP contribution is 2.27. The molecule has 7 heteroatoms. The van der Waals surface area contributed by atoms with E-state index in [1.807, 2.05) is 32.0 Å². The second kappa shape index (κ2) is 7.98. The van der Waals surface area contributed by atoms with Crippen LogP contribution >= 0.6 is 0 Å². The Hall–Kier alpha value is -2.93. The molecule has 0 saturated carbocycles. The van der Waals surface area contributed by atoms with Crippen LogP contribution in [0.25, 0.3) is 0 Å². The number of carbonyl (C=O) groups excluding carboxylic acids is 1. The molecule has 1 heterocycles. The number of amides is 1. The summed E-state index contributed by atoms with van der Waals surface area (Å²) in [5.74, 6) is 0.337. The summed E-state index contributed by atoms with van der Waals surface area (Å²) in [6.07, 6.45) is -0.714. The second-order valence-electron chi connectivity index (χ2n) is 7.22. The van der Waals surface area contributed by atoms with Gasteiger partial charge in [-0.15, -0.1) is 0 Å². The number of nitro benzene ring substituents is 1. The summed E-state index contributed by atoms with van der Waals surface area (Å²) in [4.78, 5) is 25.4. The van der Waals surface area contributed by atoms with Crippen molar-refractivity contribution in [3.05, 3.63) is 68.8 Å². The van der Waals surface area contributed by atoms with E-state index in [-0.39, 0.29) is 17.7 Å². The van der Waals surface area contributed by atoms with E-state index >= 15 is 0 Å². The highest BCUT2D eigenvalue weighted by Gasteiger charge is 2.38. The van der Waals surface area contributed by atoms with Crippen molar-refractivity contribution < 1.29 is 19.2 Å². The zero-order chi connectivity index (χ0) is 20.4. The molecule has 2 aromatic rings. The van der Waals surface area contributed by atoms with E-state index in [0.717, 1.165) is 16.7 Å². The molecule has 7 nitrogen and oxygen atoms in total. The Kier molecular flexibility index (Phi) is 5.65. The Bertz CT molecular complexity index is 912. The molecule has 0 unspecified atom stereocenters. The van der Waals surface area contributed by atoms with Crippen LogP contribution in [0, 0.1) is 30.9 Å². The smallest absolute Gasteiger partial charge is 0.273 e. The normalized spacial score (nSPS) is 18.9. The van der Waals surface area contributed by atoms with Crippen molar-refractivity contribution in [2.45, 2.75) is 33.0 Å². The first-order chi connectivity index (χ1) is 13.3. The Balaban J connectivity index is 1.80. The first-order valence-electron chi connectivity index (χ1n) is 9.10. The van der Waals surface area contributed by atoms with Crippen molar-refractivity contribution in [1.82, 2.24) is 4.90 Å². The number of carbonyl (C=O) groups is 1. The largest absolute Gasteiger partial charge is 0.486 e. The van der Waals surface area contributed by atoms with Crippen molar-refractivity contribution in [3.63, 3.8) is 0 Å². The molecule has 2 aromatic carbocycles. The molecule has 0 aliphatic carbocycles. The minimum Gasteiger partial charge on any atom is -0.486 e. The third-order valence-corrected chi connectivity index (χ3v) is 4.96. The van der Waals surface area contributed by atoms with Crippen LogP contribution in [0.4, 0.5) is 5.69 Å². The highest BCUT2D eigenvalue weighted by molar-refractivity contribution is 5.96. The number of hydrogen-bond acceptors (Lipinski definition) is 5. The van der Waals surface area contributed by atoms with E-state index in [9.17, 15) is 14.9 Å². The molecule has 0 N–H and O–H groups in total. The van der Waals surface area contributed by atoms with Gasteiger partial charge in [0.2, 0.25) is 0 Å². The topological polar surface area (TPSA) is 81.9 Å². The lowest BCUT2D eigenvalue weighted by molar-refractivity contribution is -0.385. The van der Waals surface area contributed by atoms with Gasteiger partial charge in [0, 0.05) is 18.7 Å². The predicted molar refractivity (Wildman–Crippen MR) is 105 cm³/mol. The van der Waals surface area contributed by atoms with Gasteiger partial charge < -0.3 is 14.4 Å². The van der Waals surface area contributed by atoms with Crippen LogP contribution in [-0.2, 0) is 4.74 Å². The fourth-order valence-electron chi connectivity index (χ4n) is 3.46. The van der Waals surface area contributed by atoms with Gasteiger partial charge in [0.05, 0.1) is 24.1 Å². The second-order valence-corrected chi connectivity index (χ2v) is 7.22. The fraction of sp³-hybridized carbons (Fsp3) is 0.381. The Morgan fingerprint density at radius 2 is 1.79 bits per heavy atom. The van der Waals surface area contributed by atoms with Crippen molar-refractivity contribution >= 4 is 11.6 Å². The van der Waals surface area contributed by atoms with Crippen LogP contribution in [0.5, 0.6) is 5.75 Å². The number of benzene rings is 2. The molecule has 0 aromatic heterocycles. The molecule has 3 rings (SSSR count). The average molecular weight is 384 g/mol. The number of nitrogens with zero attached hydrogens (tertiary/aromatic N) is 2. The molecule has 0 bridgehead atoms. The van der Waals surface area contributed by atoms with Crippen LogP contribution in [0.3, 0.4) is 0 Å². The Morgan fingerprint density at radius 1 is 1.07 bits per heavy atom. The number of non-ortho nitro benzene ring substituents is 1. The Labute approximate surface area is 164 Å². The molecule has 148 valence electrons. The van der Waals surface area contributed by atoms with Crippen molar-refractivity contribution in [1.29, 1.82) is 0 Å². The van der Waals surface area contributed by atoms with Crippen molar-refractivity contribution in [3.8, 4) is 5.75 Å². The van der Waals surface area contributed by atoms with Gasteiger partial charge in [-0.1, -0.05) is 17.7 Å². The van der Waals surface area contributed by atoms with E-state index in [2.05, 4.69) is 0 Å². The summed E-state index contributed by atoms with van der Waals surface area (Å²) in [7, 11) is 1.58. The fourth-order valence-corrected chi connectivity index (χ4v) is 3.46. The van der Waals surface area contributed by atoms with E-state index in [1.165, 1.54) is 12.1 Å². The summed E-state index contributed by atoms with van der Waals surface area (Å²) in [6, 6.07) is 10.4. The number of ether oxygens (including phenoxy) is 2. The lowest BCUT2D eigenvalue weighted by Crippen LogP contribution is -2.32. The Morgan fingerprint density at radius 3 is 2.46 bits per heavy atom. The summed E-state index contributed by atoms with van der Waals surface area (Å²) in [5, 5.41) is 11.1. The molecule has 2 atom stereocenters. The average Bonchev–Trinajstić information content (AvgIpc) is 3.05.